The zero-order chi connectivity index (χ0) is 33.5. The van der Waals surface area contributed by atoms with Crippen molar-refractivity contribution in [3.05, 3.63) is 182 Å². The molecule has 0 spiro atoms. The molecule has 3 heteroatoms. The van der Waals surface area contributed by atoms with Gasteiger partial charge in [-0.3, -0.25) is 0 Å². The summed E-state index contributed by atoms with van der Waals surface area (Å²) in [4.78, 5) is 0. The van der Waals surface area contributed by atoms with Crippen LogP contribution >= 0.6 is 11.3 Å². The van der Waals surface area contributed by atoms with Crippen LogP contribution in [0.4, 0.5) is 0 Å². The molecule has 0 N–H and O–H groups in total. The van der Waals surface area contributed by atoms with Crippen molar-refractivity contribution in [3.63, 3.8) is 0 Å². The zero-order valence-electron chi connectivity index (χ0n) is 27.6. The molecule has 0 fully saturated rings. The van der Waals surface area contributed by atoms with Crippen LogP contribution in [0, 0.1) is 0 Å². The molecular weight excluding hydrogens is 637 g/mol. The predicted octanol–water partition coefficient (Wildman–Crippen LogP) is 13.6. The van der Waals surface area contributed by atoms with Crippen molar-refractivity contribution >= 4 is 75.1 Å². The molecule has 11 rings (SSSR count). The number of thiophene rings is 1. The van der Waals surface area contributed by atoms with Gasteiger partial charge in [0.1, 0.15) is 0 Å². The summed E-state index contributed by atoms with van der Waals surface area (Å²) in [5.41, 5.74) is 12.0. The van der Waals surface area contributed by atoms with Crippen molar-refractivity contribution in [2.75, 3.05) is 0 Å². The number of rotatable bonds is 4. The van der Waals surface area contributed by atoms with Crippen molar-refractivity contribution in [2.24, 2.45) is 0 Å². The Balaban J connectivity index is 1.18. The fourth-order valence-electron chi connectivity index (χ4n) is 8.19. The molecule has 2 nitrogen and oxygen atoms in total. The molecule has 3 heterocycles. The van der Waals surface area contributed by atoms with Gasteiger partial charge in [0.15, 0.2) is 0 Å². The molecule has 0 saturated carbocycles. The van der Waals surface area contributed by atoms with Crippen LogP contribution in [-0.2, 0) is 0 Å². The van der Waals surface area contributed by atoms with Gasteiger partial charge in [0, 0.05) is 53.1 Å². The molecule has 0 radical (unpaired) electrons. The number of benzene rings is 8. The van der Waals surface area contributed by atoms with E-state index in [-0.39, 0.29) is 0 Å². The lowest BCUT2D eigenvalue weighted by atomic mass is 10.00. The van der Waals surface area contributed by atoms with E-state index in [0.29, 0.717) is 0 Å². The molecular formula is C48H30N2S. The van der Waals surface area contributed by atoms with E-state index in [4.69, 9.17) is 0 Å². The number of nitrogens with zero attached hydrogens (tertiary/aromatic N) is 2. The summed E-state index contributed by atoms with van der Waals surface area (Å²) in [5.74, 6) is 0. The van der Waals surface area contributed by atoms with E-state index in [1.165, 1.54) is 91.7 Å². The first kappa shape index (κ1) is 28.4. The van der Waals surface area contributed by atoms with E-state index in [9.17, 15) is 0 Å². The predicted molar refractivity (Wildman–Crippen MR) is 219 cm³/mol. The van der Waals surface area contributed by atoms with Crippen molar-refractivity contribution in [1.82, 2.24) is 9.13 Å². The summed E-state index contributed by atoms with van der Waals surface area (Å²) in [6.07, 6.45) is 0. The fraction of sp³-hybridized carbons (Fsp3) is 0. The van der Waals surface area contributed by atoms with Crippen LogP contribution in [0.5, 0.6) is 0 Å². The summed E-state index contributed by atoms with van der Waals surface area (Å²) in [7, 11) is 0. The highest BCUT2D eigenvalue weighted by Crippen LogP contribution is 2.45. The maximum atomic E-state index is 2.46. The summed E-state index contributed by atoms with van der Waals surface area (Å²) in [5, 5.41) is 7.79. The molecule has 0 aliphatic rings. The molecule has 0 saturated heterocycles. The standard InChI is InChI=1S/C48H30N2S/c1-3-12-31(13-4-1)32-22-24-33(25-23-32)34-14-11-17-36(28-34)50-42-20-9-7-18-37(42)40-29-41-45(30-44(40)50)49(35-15-5-2-6-16-35)43-27-26-39-38-19-8-10-21-46(38)51-48(39)47(41)43/h1-30H. The lowest BCUT2D eigenvalue weighted by molar-refractivity contribution is 1.17. The Morgan fingerprint density at radius 2 is 0.922 bits per heavy atom. The maximum absolute atomic E-state index is 2.46. The minimum atomic E-state index is 1.15. The molecule has 0 atom stereocenters. The highest BCUT2D eigenvalue weighted by Gasteiger charge is 2.21. The monoisotopic (exact) mass is 666 g/mol. The van der Waals surface area contributed by atoms with Crippen LogP contribution in [0.3, 0.4) is 0 Å². The van der Waals surface area contributed by atoms with E-state index in [0.717, 1.165) is 5.69 Å². The highest BCUT2D eigenvalue weighted by molar-refractivity contribution is 7.26. The minimum Gasteiger partial charge on any atom is -0.309 e. The van der Waals surface area contributed by atoms with Crippen LogP contribution in [-0.4, -0.2) is 9.13 Å². The Kier molecular flexibility index (Phi) is 6.16. The molecule has 11 aromatic rings. The van der Waals surface area contributed by atoms with E-state index < -0.39 is 0 Å². The lowest BCUT2D eigenvalue weighted by Crippen LogP contribution is -1.96. The number of hydrogen-bond acceptors (Lipinski definition) is 1. The first-order valence-electron chi connectivity index (χ1n) is 17.4. The van der Waals surface area contributed by atoms with Crippen LogP contribution < -0.4 is 0 Å². The van der Waals surface area contributed by atoms with Crippen molar-refractivity contribution in [2.45, 2.75) is 0 Å². The second kappa shape index (κ2) is 11.0. The van der Waals surface area contributed by atoms with Gasteiger partial charge in [0.25, 0.3) is 0 Å². The first-order chi connectivity index (χ1) is 25.3. The summed E-state index contributed by atoms with van der Waals surface area (Å²) < 4.78 is 7.59. The first-order valence-corrected chi connectivity index (χ1v) is 18.3. The zero-order valence-corrected chi connectivity index (χ0v) is 28.4. The van der Waals surface area contributed by atoms with Crippen LogP contribution in [0.2, 0.25) is 0 Å². The van der Waals surface area contributed by atoms with Crippen LogP contribution in [0.15, 0.2) is 182 Å². The number of para-hydroxylation sites is 2. The quantitative estimate of drug-likeness (QED) is 0.177. The van der Waals surface area contributed by atoms with E-state index >= 15 is 0 Å². The summed E-state index contributed by atoms with van der Waals surface area (Å²) in [6.45, 7) is 0. The molecule has 0 bridgehead atoms. The highest BCUT2D eigenvalue weighted by atomic mass is 32.1. The third kappa shape index (κ3) is 4.29. The van der Waals surface area contributed by atoms with Crippen LogP contribution in [0.1, 0.15) is 0 Å². The van der Waals surface area contributed by atoms with Gasteiger partial charge in [-0.05, 0) is 76.9 Å². The molecule has 51 heavy (non-hydrogen) atoms. The van der Waals surface area contributed by atoms with Crippen molar-refractivity contribution < 1.29 is 0 Å². The third-order valence-electron chi connectivity index (χ3n) is 10.5. The summed E-state index contributed by atoms with van der Waals surface area (Å²) >= 11 is 1.91. The second-order valence-electron chi connectivity index (χ2n) is 13.3. The molecule has 0 aliphatic heterocycles. The van der Waals surface area contributed by atoms with Gasteiger partial charge >= 0.3 is 0 Å². The van der Waals surface area contributed by atoms with Crippen LogP contribution in [0.25, 0.3) is 97.4 Å². The van der Waals surface area contributed by atoms with E-state index in [1.54, 1.807) is 0 Å². The average molecular weight is 667 g/mol. The molecule has 0 aliphatic carbocycles. The number of aromatic nitrogens is 2. The maximum Gasteiger partial charge on any atom is 0.0562 e. The van der Waals surface area contributed by atoms with Gasteiger partial charge < -0.3 is 9.13 Å². The molecule has 8 aromatic carbocycles. The van der Waals surface area contributed by atoms with Crippen molar-refractivity contribution in [3.8, 4) is 33.6 Å². The average Bonchev–Trinajstić information content (AvgIpc) is 3.85. The lowest BCUT2D eigenvalue weighted by Gasteiger charge is -2.12. The molecule has 0 unspecified atom stereocenters. The molecule has 0 amide bonds. The van der Waals surface area contributed by atoms with Gasteiger partial charge in [0.05, 0.1) is 22.1 Å². The third-order valence-corrected chi connectivity index (χ3v) is 11.7. The van der Waals surface area contributed by atoms with E-state index in [2.05, 4.69) is 191 Å². The Morgan fingerprint density at radius 3 is 1.75 bits per heavy atom. The Bertz CT molecular complexity index is 3110. The van der Waals surface area contributed by atoms with Gasteiger partial charge in [-0.1, -0.05) is 127 Å². The molecule has 3 aromatic heterocycles. The smallest absolute Gasteiger partial charge is 0.0562 e. The van der Waals surface area contributed by atoms with E-state index in [1.807, 2.05) is 11.3 Å². The number of hydrogen-bond donors (Lipinski definition) is 0. The van der Waals surface area contributed by atoms with Gasteiger partial charge in [-0.25, -0.2) is 0 Å². The normalized spacial score (nSPS) is 11.9. The van der Waals surface area contributed by atoms with Gasteiger partial charge in [-0.15, -0.1) is 11.3 Å². The van der Waals surface area contributed by atoms with Gasteiger partial charge in [-0.2, -0.15) is 0 Å². The molecule has 238 valence electrons. The van der Waals surface area contributed by atoms with Crippen molar-refractivity contribution in [1.29, 1.82) is 0 Å². The Hall–Kier alpha value is -6.42. The SMILES string of the molecule is c1ccc(-c2ccc(-c3cccc(-n4c5ccccc5c5cc6c7c8sc9ccccc9c8ccc7n(-c7ccccc7)c6cc54)c3)cc2)cc1. The van der Waals surface area contributed by atoms with Gasteiger partial charge in [0.2, 0.25) is 0 Å². The summed E-state index contributed by atoms with van der Waals surface area (Å²) in [6, 6.07) is 66.5. The topological polar surface area (TPSA) is 9.86 Å². The number of fused-ring (bicyclic) bond motifs is 10. The second-order valence-corrected chi connectivity index (χ2v) is 14.4. The largest absolute Gasteiger partial charge is 0.309 e. The minimum absolute atomic E-state index is 1.15. The fourth-order valence-corrected chi connectivity index (χ4v) is 9.45. The Morgan fingerprint density at radius 1 is 0.314 bits per heavy atom. The Labute approximate surface area is 298 Å².